The zero-order chi connectivity index (χ0) is 9.97. The quantitative estimate of drug-likeness (QED) is 0.701. The Hall–Kier alpha value is -1.83. The van der Waals surface area contributed by atoms with Crippen LogP contribution in [-0.4, -0.2) is 9.55 Å². The minimum Gasteiger partial charge on any atom is -0.302 e. The average Bonchev–Trinajstić information content (AvgIpc) is 2.58. The molecule has 2 aromatic heterocycles. The molecule has 2 nitrogen and oxygen atoms in total. The molecule has 0 aromatic carbocycles. The van der Waals surface area contributed by atoms with Crippen molar-refractivity contribution in [3.63, 3.8) is 0 Å². The predicted molar refractivity (Wildman–Crippen MR) is 60.8 cm³/mol. The van der Waals surface area contributed by atoms with Crippen LogP contribution in [0.25, 0.3) is 23.3 Å². The van der Waals surface area contributed by atoms with Gasteiger partial charge in [0.25, 0.3) is 0 Å². The number of hydrogen-bond donors (Lipinski definition) is 0. The van der Waals surface area contributed by atoms with Crippen molar-refractivity contribution in [3.8, 4) is 0 Å². The molecule has 2 heteroatoms. The molecule has 0 unspecified atom stereocenters. The van der Waals surface area contributed by atoms with E-state index in [4.69, 9.17) is 0 Å². The zero-order valence-electron chi connectivity index (χ0n) is 8.14. The van der Waals surface area contributed by atoms with E-state index in [1.54, 1.807) is 6.20 Å². The fraction of sp³-hybridized carbons (Fsp3) is 0.0833. The van der Waals surface area contributed by atoms with Crippen molar-refractivity contribution < 1.29 is 0 Å². The molecule has 70 valence electrons. The van der Waals surface area contributed by atoms with Crippen LogP contribution in [0.5, 0.6) is 0 Å². The van der Waals surface area contributed by atoms with Crippen molar-refractivity contribution in [2.45, 2.75) is 6.92 Å². The summed E-state index contributed by atoms with van der Waals surface area (Å²) >= 11 is 0. The van der Waals surface area contributed by atoms with Gasteiger partial charge in [-0.25, -0.2) is 4.98 Å². The molecule has 14 heavy (non-hydrogen) atoms. The molecule has 0 N–H and O–H groups in total. The van der Waals surface area contributed by atoms with Crippen LogP contribution in [0.3, 0.4) is 0 Å². The second kappa shape index (κ2) is 3.50. The molecule has 2 rings (SSSR count). The van der Waals surface area contributed by atoms with Gasteiger partial charge in [-0.2, -0.15) is 0 Å². The predicted octanol–water partition coefficient (Wildman–Crippen LogP) is 3.17. The number of hydrogen-bond acceptors (Lipinski definition) is 1. The molecule has 2 heterocycles. The fourth-order valence-corrected chi connectivity index (χ4v) is 1.54. The van der Waals surface area contributed by atoms with Crippen LogP contribution in [0.15, 0.2) is 37.1 Å². The summed E-state index contributed by atoms with van der Waals surface area (Å²) in [7, 11) is 0. The first-order valence-corrected chi connectivity index (χ1v) is 4.58. The van der Waals surface area contributed by atoms with Gasteiger partial charge in [0.05, 0.1) is 0 Å². The Kier molecular flexibility index (Phi) is 2.19. The molecule has 0 saturated carbocycles. The van der Waals surface area contributed by atoms with Gasteiger partial charge in [-0.3, -0.25) is 0 Å². The van der Waals surface area contributed by atoms with E-state index >= 15 is 0 Å². The maximum absolute atomic E-state index is 4.33. The third kappa shape index (κ3) is 1.25. The summed E-state index contributed by atoms with van der Waals surface area (Å²) in [5, 5.41) is 1.14. The highest BCUT2D eigenvalue weighted by molar-refractivity contribution is 5.82. The van der Waals surface area contributed by atoms with Crippen LogP contribution in [0, 0.1) is 0 Å². The van der Waals surface area contributed by atoms with E-state index in [0.29, 0.717) is 0 Å². The maximum Gasteiger partial charge on any atom is 0.144 e. The standard InChI is InChI=1S/C12H12N2/c1-3-8-14-11(4-2)9-10-6-5-7-13-12(10)14/h3-9H,2H2,1H3/b8-3-. The molecular weight excluding hydrogens is 172 g/mol. The Labute approximate surface area is 83.2 Å². The van der Waals surface area contributed by atoms with E-state index in [2.05, 4.69) is 23.7 Å². The van der Waals surface area contributed by atoms with E-state index in [1.807, 2.05) is 35.9 Å². The third-order valence-corrected chi connectivity index (χ3v) is 2.13. The number of aromatic nitrogens is 2. The van der Waals surface area contributed by atoms with Gasteiger partial charge in [-0.1, -0.05) is 12.7 Å². The minimum atomic E-state index is 0.973. The molecule has 2 aromatic rings. The van der Waals surface area contributed by atoms with Crippen molar-refractivity contribution >= 4 is 23.3 Å². The maximum atomic E-state index is 4.33. The lowest BCUT2D eigenvalue weighted by Crippen LogP contribution is -1.89. The monoisotopic (exact) mass is 184 g/mol. The second-order valence-electron chi connectivity index (χ2n) is 3.04. The van der Waals surface area contributed by atoms with Crippen LogP contribution in [0.4, 0.5) is 0 Å². The van der Waals surface area contributed by atoms with Crippen LogP contribution in [0.1, 0.15) is 12.6 Å². The molecule has 0 aliphatic heterocycles. The highest BCUT2D eigenvalue weighted by atomic mass is 15.0. The summed E-state index contributed by atoms with van der Waals surface area (Å²) in [4.78, 5) is 4.33. The Morgan fingerprint density at radius 2 is 2.36 bits per heavy atom. The van der Waals surface area contributed by atoms with Gasteiger partial charge in [0.15, 0.2) is 0 Å². The number of allylic oxidation sites excluding steroid dienone is 1. The molecule has 0 radical (unpaired) electrons. The SMILES string of the molecule is C=Cc1cc2cccnc2n1/C=C\C. The van der Waals surface area contributed by atoms with Gasteiger partial charge in [-0.15, -0.1) is 0 Å². The average molecular weight is 184 g/mol. The molecule has 0 aliphatic carbocycles. The molecule has 0 bridgehead atoms. The van der Waals surface area contributed by atoms with E-state index in [9.17, 15) is 0 Å². The van der Waals surface area contributed by atoms with Crippen LogP contribution in [0.2, 0.25) is 0 Å². The first-order valence-electron chi connectivity index (χ1n) is 4.58. The van der Waals surface area contributed by atoms with E-state index in [0.717, 1.165) is 16.7 Å². The first kappa shape index (κ1) is 8.75. The summed E-state index contributed by atoms with van der Waals surface area (Å²) in [6, 6.07) is 6.07. The largest absolute Gasteiger partial charge is 0.302 e. The Morgan fingerprint density at radius 1 is 1.50 bits per heavy atom. The lowest BCUT2D eigenvalue weighted by atomic mass is 10.3. The van der Waals surface area contributed by atoms with Gasteiger partial charge in [0, 0.05) is 23.5 Å². The minimum absolute atomic E-state index is 0.973. The summed E-state index contributed by atoms with van der Waals surface area (Å²) < 4.78 is 2.03. The number of pyridine rings is 1. The summed E-state index contributed by atoms with van der Waals surface area (Å²) in [5.41, 5.74) is 2.04. The number of fused-ring (bicyclic) bond motifs is 1. The van der Waals surface area contributed by atoms with Gasteiger partial charge in [0.2, 0.25) is 0 Å². The van der Waals surface area contributed by atoms with Gasteiger partial charge in [0.1, 0.15) is 5.65 Å². The smallest absolute Gasteiger partial charge is 0.144 e. The van der Waals surface area contributed by atoms with Crippen molar-refractivity contribution in [1.82, 2.24) is 9.55 Å². The Morgan fingerprint density at radius 3 is 3.07 bits per heavy atom. The zero-order valence-corrected chi connectivity index (χ0v) is 8.14. The van der Waals surface area contributed by atoms with Crippen molar-refractivity contribution in [1.29, 1.82) is 0 Å². The number of nitrogens with zero attached hydrogens (tertiary/aromatic N) is 2. The second-order valence-corrected chi connectivity index (χ2v) is 3.04. The lowest BCUT2D eigenvalue weighted by molar-refractivity contribution is 1.15. The normalized spacial score (nSPS) is 11.2. The highest BCUT2D eigenvalue weighted by Gasteiger charge is 2.03. The highest BCUT2D eigenvalue weighted by Crippen LogP contribution is 2.18. The van der Waals surface area contributed by atoms with Crippen LogP contribution < -0.4 is 0 Å². The lowest BCUT2D eigenvalue weighted by Gasteiger charge is -1.98. The fourth-order valence-electron chi connectivity index (χ4n) is 1.54. The van der Waals surface area contributed by atoms with E-state index < -0.39 is 0 Å². The van der Waals surface area contributed by atoms with Gasteiger partial charge < -0.3 is 4.57 Å². The third-order valence-electron chi connectivity index (χ3n) is 2.13. The van der Waals surface area contributed by atoms with Crippen LogP contribution >= 0.6 is 0 Å². The summed E-state index contributed by atoms with van der Waals surface area (Å²) in [6.07, 6.45) is 7.62. The van der Waals surface area contributed by atoms with Crippen molar-refractivity contribution in [2.75, 3.05) is 0 Å². The molecular formula is C12H12N2. The van der Waals surface area contributed by atoms with Gasteiger partial charge >= 0.3 is 0 Å². The summed E-state index contributed by atoms with van der Waals surface area (Å²) in [6.45, 7) is 5.77. The van der Waals surface area contributed by atoms with E-state index in [-0.39, 0.29) is 0 Å². The molecule has 0 fully saturated rings. The van der Waals surface area contributed by atoms with E-state index in [1.165, 1.54) is 0 Å². The molecule has 0 atom stereocenters. The van der Waals surface area contributed by atoms with Gasteiger partial charge in [-0.05, 0) is 31.2 Å². The Bertz CT molecular complexity index is 492. The topological polar surface area (TPSA) is 17.8 Å². The summed E-state index contributed by atoms with van der Waals surface area (Å²) in [5.74, 6) is 0. The molecule has 0 spiro atoms. The molecule has 0 saturated heterocycles. The van der Waals surface area contributed by atoms with Crippen LogP contribution in [-0.2, 0) is 0 Å². The van der Waals surface area contributed by atoms with Crippen molar-refractivity contribution in [3.05, 3.63) is 42.7 Å². The molecule has 0 aliphatic rings. The number of rotatable bonds is 2. The first-order chi connectivity index (χ1) is 6.86. The Balaban J connectivity index is 2.80. The van der Waals surface area contributed by atoms with Crippen molar-refractivity contribution in [2.24, 2.45) is 0 Å². The molecule has 0 amide bonds.